The normalized spacial score (nSPS) is 12.3. The summed E-state index contributed by atoms with van der Waals surface area (Å²) in [6, 6.07) is 0. The Morgan fingerprint density at radius 2 is 2.23 bits per heavy atom. The van der Waals surface area contributed by atoms with E-state index in [2.05, 4.69) is 4.98 Å². The maximum atomic E-state index is 11.4. The van der Waals surface area contributed by atoms with Gasteiger partial charge in [-0.25, -0.2) is 8.96 Å². The summed E-state index contributed by atoms with van der Waals surface area (Å²) in [4.78, 5) is 3.69. The third kappa shape index (κ3) is 1.87. The minimum Gasteiger partial charge on any atom is -0.390 e. The lowest BCUT2D eigenvalue weighted by atomic mass is 10.5. The largest absolute Gasteiger partial charge is 0.390 e. The average Bonchev–Trinajstić information content (AvgIpc) is 2.51. The summed E-state index contributed by atoms with van der Waals surface area (Å²) < 4.78 is 24.9. The molecule has 6 nitrogen and oxygen atoms in total. The molecule has 0 bridgehead atoms. The molecule has 0 aromatic carbocycles. The molecule has 0 aliphatic carbocycles. The van der Waals surface area contributed by atoms with E-state index in [1.807, 2.05) is 0 Å². The molecule has 0 aliphatic rings. The zero-order valence-electron chi connectivity index (χ0n) is 7.38. The molecule has 13 heavy (non-hydrogen) atoms. The molecule has 0 unspecified atom stereocenters. The quantitative estimate of drug-likeness (QED) is 0.689. The lowest BCUT2D eigenvalue weighted by Crippen LogP contribution is -2.27. The summed E-state index contributed by atoms with van der Waals surface area (Å²) in [6.07, 6.45) is 2.43. The number of hydrogen-bond donors (Lipinski definition) is 1. The first-order chi connectivity index (χ1) is 5.98. The molecule has 0 saturated carbocycles. The van der Waals surface area contributed by atoms with E-state index < -0.39 is 10.2 Å². The molecule has 1 N–H and O–H groups in total. The third-order valence-electron chi connectivity index (χ3n) is 1.50. The van der Waals surface area contributed by atoms with Gasteiger partial charge in [-0.15, -0.1) is 0 Å². The highest BCUT2D eigenvalue weighted by molar-refractivity contribution is 7.87. The fourth-order valence-corrected chi connectivity index (χ4v) is 1.54. The number of nitrogens with zero attached hydrogens (tertiary/aromatic N) is 3. The van der Waals surface area contributed by atoms with E-state index >= 15 is 0 Å². The van der Waals surface area contributed by atoms with Crippen molar-refractivity contribution in [1.29, 1.82) is 0 Å². The molecule has 0 spiro atoms. The Kier molecular flexibility index (Phi) is 2.69. The molecule has 1 aromatic rings. The lowest BCUT2D eigenvalue weighted by Gasteiger charge is -2.10. The van der Waals surface area contributed by atoms with Crippen LogP contribution in [0.1, 0.15) is 5.69 Å². The third-order valence-corrected chi connectivity index (χ3v) is 3.16. The Bertz CT molecular complexity index is 382. The van der Waals surface area contributed by atoms with Crippen LogP contribution in [-0.4, -0.2) is 40.9 Å². The number of aromatic nitrogens is 2. The summed E-state index contributed by atoms with van der Waals surface area (Å²) >= 11 is 0. The van der Waals surface area contributed by atoms with Crippen LogP contribution in [0.3, 0.4) is 0 Å². The van der Waals surface area contributed by atoms with Crippen LogP contribution in [0, 0.1) is 0 Å². The smallest absolute Gasteiger partial charge is 0.308 e. The highest BCUT2D eigenvalue weighted by Crippen LogP contribution is 2.02. The van der Waals surface area contributed by atoms with Crippen LogP contribution in [0.15, 0.2) is 12.5 Å². The van der Waals surface area contributed by atoms with Gasteiger partial charge in [0.05, 0.1) is 12.3 Å². The van der Waals surface area contributed by atoms with Crippen molar-refractivity contribution in [2.75, 3.05) is 14.1 Å². The SMILES string of the molecule is CN(C)S(=O)(=O)n1cnc(CO)c1. The maximum absolute atomic E-state index is 11.4. The fourth-order valence-electron chi connectivity index (χ4n) is 0.741. The molecule has 0 saturated heterocycles. The Labute approximate surface area is 76.6 Å². The number of hydrogen-bond acceptors (Lipinski definition) is 4. The van der Waals surface area contributed by atoms with Crippen LogP contribution in [0.4, 0.5) is 0 Å². The van der Waals surface area contributed by atoms with Gasteiger partial charge in [0.2, 0.25) is 0 Å². The monoisotopic (exact) mass is 205 g/mol. The van der Waals surface area contributed by atoms with Crippen molar-refractivity contribution in [3.05, 3.63) is 18.2 Å². The standard InChI is InChI=1S/C6H11N3O3S/c1-8(2)13(11,12)9-3-6(4-10)7-5-9/h3,5,10H,4H2,1-2H3. The number of imidazole rings is 1. The minimum absolute atomic E-state index is 0.268. The Hall–Kier alpha value is -0.920. The molecule has 0 atom stereocenters. The van der Waals surface area contributed by atoms with E-state index in [-0.39, 0.29) is 6.61 Å². The maximum Gasteiger partial charge on any atom is 0.308 e. The second kappa shape index (κ2) is 3.44. The summed E-state index contributed by atoms with van der Waals surface area (Å²) in [5.41, 5.74) is 0.324. The van der Waals surface area contributed by atoms with Gasteiger partial charge in [0.25, 0.3) is 0 Å². The van der Waals surface area contributed by atoms with Crippen molar-refractivity contribution < 1.29 is 13.5 Å². The van der Waals surface area contributed by atoms with Gasteiger partial charge in [0.15, 0.2) is 0 Å². The van der Waals surface area contributed by atoms with Gasteiger partial charge in [-0.1, -0.05) is 0 Å². The van der Waals surface area contributed by atoms with Gasteiger partial charge >= 0.3 is 10.2 Å². The van der Waals surface area contributed by atoms with E-state index in [1.54, 1.807) is 0 Å². The highest BCUT2D eigenvalue weighted by Gasteiger charge is 2.15. The lowest BCUT2D eigenvalue weighted by molar-refractivity contribution is 0.277. The van der Waals surface area contributed by atoms with Crippen molar-refractivity contribution in [2.24, 2.45) is 0 Å². The predicted molar refractivity (Wildman–Crippen MR) is 46.2 cm³/mol. The van der Waals surface area contributed by atoms with E-state index in [1.165, 1.54) is 20.3 Å². The molecule has 1 aromatic heterocycles. The Morgan fingerprint density at radius 3 is 2.62 bits per heavy atom. The van der Waals surface area contributed by atoms with Gasteiger partial charge in [0, 0.05) is 20.3 Å². The molecule has 1 rings (SSSR count). The Balaban J connectivity index is 3.09. The van der Waals surface area contributed by atoms with Gasteiger partial charge in [0.1, 0.15) is 6.33 Å². The van der Waals surface area contributed by atoms with Crippen molar-refractivity contribution in [3.63, 3.8) is 0 Å². The van der Waals surface area contributed by atoms with Gasteiger partial charge in [-0.3, -0.25) is 0 Å². The molecule has 0 amide bonds. The van der Waals surface area contributed by atoms with E-state index in [0.29, 0.717) is 5.69 Å². The van der Waals surface area contributed by atoms with Crippen LogP contribution in [-0.2, 0) is 16.8 Å². The predicted octanol–water partition coefficient (Wildman–Crippen LogP) is -0.970. The molecular formula is C6H11N3O3S. The molecule has 1 heterocycles. The van der Waals surface area contributed by atoms with Crippen molar-refractivity contribution in [3.8, 4) is 0 Å². The highest BCUT2D eigenvalue weighted by atomic mass is 32.2. The number of aliphatic hydroxyl groups is 1. The molecule has 0 fully saturated rings. The molecule has 7 heteroatoms. The molecule has 0 aliphatic heterocycles. The van der Waals surface area contributed by atoms with Gasteiger partial charge in [-0.2, -0.15) is 12.7 Å². The summed E-state index contributed by atoms with van der Waals surface area (Å²) in [5.74, 6) is 0. The molecule has 0 radical (unpaired) electrons. The first-order valence-corrected chi connectivity index (χ1v) is 4.95. The summed E-state index contributed by atoms with van der Waals surface area (Å²) in [6.45, 7) is -0.268. The number of rotatable bonds is 3. The topological polar surface area (TPSA) is 75.4 Å². The number of aliphatic hydroxyl groups excluding tert-OH is 1. The minimum atomic E-state index is -3.49. The van der Waals surface area contributed by atoms with Gasteiger partial charge in [-0.05, 0) is 0 Å². The van der Waals surface area contributed by atoms with E-state index in [9.17, 15) is 8.42 Å². The van der Waals surface area contributed by atoms with Gasteiger partial charge < -0.3 is 5.11 Å². The first kappa shape index (κ1) is 10.2. The van der Waals surface area contributed by atoms with E-state index in [0.717, 1.165) is 14.6 Å². The second-order valence-electron chi connectivity index (χ2n) is 2.64. The first-order valence-electron chi connectivity index (χ1n) is 3.55. The van der Waals surface area contributed by atoms with Crippen LogP contribution in [0.2, 0.25) is 0 Å². The fraction of sp³-hybridized carbons (Fsp3) is 0.500. The van der Waals surface area contributed by atoms with Crippen molar-refractivity contribution >= 4 is 10.2 Å². The summed E-state index contributed by atoms with van der Waals surface area (Å²) in [7, 11) is -0.641. The average molecular weight is 205 g/mol. The molecular weight excluding hydrogens is 194 g/mol. The van der Waals surface area contributed by atoms with Crippen molar-refractivity contribution in [1.82, 2.24) is 13.3 Å². The van der Waals surface area contributed by atoms with Crippen LogP contribution >= 0.6 is 0 Å². The van der Waals surface area contributed by atoms with E-state index in [4.69, 9.17) is 5.11 Å². The van der Waals surface area contributed by atoms with Crippen LogP contribution < -0.4 is 0 Å². The summed E-state index contributed by atoms with van der Waals surface area (Å²) in [5, 5.41) is 8.67. The second-order valence-corrected chi connectivity index (χ2v) is 4.69. The zero-order chi connectivity index (χ0) is 10.1. The molecule has 74 valence electrons. The zero-order valence-corrected chi connectivity index (χ0v) is 8.19. The van der Waals surface area contributed by atoms with Crippen LogP contribution in [0.5, 0.6) is 0 Å². The van der Waals surface area contributed by atoms with Crippen molar-refractivity contribution in [2.45, 2.75) is 6.61 Å². The Morgan fingerprint density at radius 1 is 1.62 bits per heavy atom. The van der Waals surface area contributed by atoms with Crippen LogP contribution in [0.25, 0.3) is 0 Å².